The first kappa shape index (κ1) is 10.5. The third-order valence-electron chi connectivity index (χ3n) is 2.65. The Labute approximate surface area is 80.8 Å². The van der Waals surface area contributed by atoms with Gasteiger partial charge in [0.25, 0.3) is 0 Å². The molecule has 1 aliphatic heterocycles. The summed E-state index contributed by atoms with van der Waals surface area (Å²) in [4.78, 5) is 2.44. The number of nitrogens with zero attached hydrogens (tertiary/aromatic N) is 1. The van der Waals surface area contributed by atoms with Gasteiger partial charge in [-0.05, 0) is 25.9 Å². The second-order valence-corrected chi connectivity index (χ2v) is 3.88. The van der Waals surface area contributed by atoms with Crippen molar-refractivity contribution in [2.24, 2.45) is 5.73 Å². The Morgan fingerprint density at radius 3 is 2.15 bits per heavy atom. The highest BCUT2D eigenvalue weighted by molar-refractivity contribution is 5.76. The van der Waals surface area contributed by atoms with Crippen molar-refractivity contribution >= 4 is 5.84 Å². The van der Waals surface area contributed by atoms with E-state index in [0.717, 1.165) is 13.0 Å². The molecular weight excluding hydrogens is 162 g/mol. The van der Waals surface area contributed by atoms with E-state index in [-0.39, 0.29) is 0 Å². The predicted octanol–water partition coefficient (Wildman–Crippen LogP) is 1.58. The minimum absolute atomic E-state index is 0.321. The molecule has 3 nitrogen and oxygen atoms in total. The van der Waals surface area contributed by atoms with Crippen LogP contribution < -0.4 is 5.73 Å². The minimum atomic E-state index is 0.321. The van der Waals surface area contributed by atoms with E-state index >= 15 is 0 Å². The van der Waals surface area contributed by atoms with E-state index < -0.39 is 0 Å². The summed E-state index contributed by atoms with van der Waals surface area (Å²) < 4.78 is 0. The zero-order chi connectivity index (χ0) is 9.52. The maximum Gasteiger partial charge on any atom is 0.0918 e. The molecule has 1 saturated heterocycles. The Morgan fingerprint density at radius 2 is 1.62 bits per heavy atom. The summed E-state index contributed by atoms with van der Waals surface area (Å²) in [5.74, 6) is 0.321. The smallest absolute Gasteiger partial charge is 0.0918 e. The average Bonchev–Trinajstić information content (AvgIpc) is 2.01. The normalized spacial score (nSPS) is 20.6. The highest BCUT2D eigenvalue weighted by atomic mass is 15.1. The predicted molar refractivity (Wildman–Crippen MR) is 56.1 cm³/mol. The van der Waals surface area contributed by atoms with Crippen molar-refractivity contribution < 1.29 is 0 Å². The van der Waals surface area contributed by atoms with Crippen molar-refractivity contribution in [1.29, 1.82) is 5.41 Å². The summed E-state index contributed by atoms with van der Waals surface area (Å²) in [6.45, 7) is 3.38. The van der Waals surface area contributed by atoms with Crippen LogP contribution in [0.1, 0.15) is 38.5 Å². The summed E-state index contributed by atoms with van der Waals surface area (Å²) in [5, 5.41) is 7.16. The van der Waals surface area contributed by atoms with Crippen LogP contribution >= 0.6 is 0 Å². The molecule has 13 heavy (non-hydrogen) atoms. The van der Waals surface area contributed by atoms with Crippen LogP contribution in [-0.4, -0.2) is 30.4 Å². The molecular formula is C10H21N3. The number of hydrogen-bond acceptors (Lipinski definition) is 2. The lowest BCUT2D eigenvalue weighted by Crippen LogP contribution is -2.30. The first-order valence-electron chi connectivity index (χ1n) is 5.34. The topological polar surface area (TPSA) is 53.1 Å². The molecule has 0 unspecified atom stereocenters. The molecule has 0 aromatic rings. The SMILES string of the molecule is N=C(N)CCN1CCCCCCC1. The maximum atomic E-state index is 7.16. The fourth-order valence-corrected chi connectivity index (χ4v) is 1.82. The summed E-state index contributed by atoms with van der Waals surface area (Å²) in [5.41, 5.74) is 5.34. The van der Waals surface area contributed by atoms with Gasteiger partial charge in [0.1, 0.15) is 0 Å². The van der Waals surface area contributed by atoms with Crippen molar-refractivity contribution in [3.05, 3.63) is 0 Å². The number of nitrogens with one attached hydrogen (secondary N) is 1. The third-order valence-corrected chi connectivity index (χ3v) is 2.65. The van der Waals surface area contributed by atoms with Gasteiger partial charge in [-0.15, -0.1) is 0 Å². The lowest BCUT2D eigenvalue weighted by Gasteiger charge is -2.23. The van der Waals surface area contributed by atoms with E-state index in [1.54, 1.807) is 0 Å². The van der Waals surface area contributed by atoms with E-state index in [2.05, 4.69) is 4.90 Å². The van der Waals surface area contributed by atoms with Gasteiger partial charge in [0.15, 0.2) is 0 Å². The molecule has 3 N–H and O–H groups in total. The van der Waals surface area contributed by atoms with Gasteiger partial charge in [0.2, 0.25) is 0 Å². The van der Waals surface area contributed by atoms with Gasteiger partial charge in [-0.25, -0.2) is 0 Å². The molecule has 3 heteroatoms. The highest BCUT2D eigenvalue weighted by Crippen LogP contribution is 2.10. The molecule has 1 fully saturated rings. The Kier molecular flexibility index (Phi) is 4.83. The van der Waals surface area contributed by atoms with Crippen molar-refractivity contribution in [3.8, 4) is 0 Å². The number of rotatable bonds is 3. The zero-order valence-electron chi connectivity index (χ0n) is 8.39. The van der Waals surface area contributed by atoms with Gasteiger partial charge in [0.05, 0.1) is 5.84 Å². The van der Waals surface area contributed by atoms with Crippen LogP contribution in [0.25, 0.3) is 0 Å². The van der Waals surface area contributed by atoms with Gasteiger partial charge in [-0.3, -0.25) is 5.41 Å². The lowest BCUT2D eigenvalue weighted by molar-refractivity contribution is 0.254. The zero-order valence-corrected chi connectivity index (χ0v) is 8.39. The molecule has 0 bridgehead atoms. The Bertz CT molecular complexity index is 148. The van der Waals surface area contributed by atoms with E-state index in [4.69, 9.17) is 11.1 Å². The molecule has 0 radical (unpaired) electrons. The van der Waals surface area contributed by atoms with Gasteiger partial charge < -0.3 is 10.6 Å². The van der Waals surface area contributed by atoms with Crippen LogP contribution in [0, 0.1) is 5.41 Å². The van der Waals surface area contributed by atoms with Crippen LogP contribution in [0.3, 0.4) is 0 Å². The minimum Gasteiger partial charge on any atom is -0.388 e. The third kappa shape index (κ3) is 4.88. The second-order valence-electron chi connectivity index (χ2n) is 3.88. The van der Waals surface area contributed by atoms with E-state index in [1.807, 2.05) is 0 Å². The molecule has 0 spiro atoms. The van der Waals surface area contributed by atoms with Crippen LogP contribution in [0.2, 0.25) is 0 Å². The van der Waals surface area contributed by atoms with Gasteiger partial charge in [0, 0.05) is 13.0 Å². The number of likely N-dealkylation sites (tertiary alicyclic amines) is 1. The summed E-state index contributed by atoms with van der Waals surface area (Å²) in [7, 11) is 0. The lowest BCUT2D eigenvalue weighted by atomic mass is 10.1. The standard InChI is InChI=1S/C10H21N3/c11-10(12)6-9-13-7-4-2-1-3-5-8-13/h1-9H2,(H3,11,12). The molecule has 0 saturated carbocycles. The molecule has 0 amide bonds. The van der Waals surface area contributed by atoms with Crippen molar-refractivity contribution in [1.82, 2.24) is 4.90 Å². The molecule has 1 heterocycles. The molecule has 1 aliphatic rings. The van der Waals surface area contributed by atoms with Gasteiger partial charge in [-0.2, -0.15) is 0 Å². The largest absolute Gasteiger partial charge is 0.388 e. The van der Waals surface area contributed by atoms with Crippen LogP contribution in [0.4, 0.5) is 0 Å². The average molecular weight is 183 g/mol. The summed E-state index contributed by atoms with van der Waals surface area (Å²) in [6.07, 6.45) is 7.52. The number of amidine groups is 1. The van der Waals surface area contributed by atoms with Crippen LogP contribution in [0.5, 0.6) is 0 Å². The fourth-order valence-electron chi connectivity index (χ4n) is 1.82. The van der Waals surface area contributed by atoms with Crippen LogP contribution in [-0.2, 0) is 0 Å². The Hall–Kier alpha value is -0.570. The first-order chi connectivity index (χ1) is 6.29. The van der Waals surface area contributed by atoms with Gasteiger partial charge in [-0.1, -0.05) is 19.3 Å². The Balaban J connectivity index is 2.17. The maximum absolute atomic E-state index is 7.16. The van der Waals surface area contributed by atoms with E-state index in [9.17, 15) is 0 Å². The second kappa shape index (κ2) is 5.97. The fraction of sp³-hybridized carbons (Fsp3) is 0.900. The van der Waals surface area contributed by atoms with Crippen molar-refractivity contribution in [3.63, 3.8) is 0 Å². The molecule has 76 valence electrons. The monoisotopic (exact) mass is 183 g/mol. The van der Waals surface area contributed by atoms with Crippen molar-refractivity contribution in [2.75, 3.05) is 19.6 Å². The molecule has 1 rings (SSSR count). The Morgan fingerprint density at radius 1 is 1.08 bits per heavy atom. The van der Waals surface area contributed by atoms with E-state index in [0.29, 0.717) is 5.84 Å². The first-order valence-corrected chi connectivity index (χ1v) is 5.34. The summed E-state index contributed by atoms with van der Waals surface area (Å²) >= 11 is 0. The van der Waals surface area contributed by atoms with E-state index in [1.165, 1.54) is 45.2 Å². The number of hydrogen-bond donors (Lipinski definition) is 2. The molecule has 0 aliphatic carbocycles. The molecule has 0 aromatic heterocycles. The highest BCUT2D eigenvalue weighted by Gasteiger charge is 2.07. The quantitative estimate of drug-likeness (QED) is 0.515. The van der Waals surface area contributed by atoms with Gasteiger partial charge >= 0.3 is 0 Å². The van der Waals surface area contributed by atoms with Crippen LogP contribution in [0.15, 0.2) is 0 Å². The molecule has 0 aromatic carbocycles. The summed E-state index contributed by atoms with van der Waals surface area (Å²) in [6, 6.07) is 0. The molecule has 0 atom stereocenters. The van der Waals surface area contributed by atoms with Crippen molar-refractivity contribution in [2.45, 2.75) is 38.5 Å². The number of nitrogens with two attached hydrogens (primary N) is 1.